The molecule has 2 aliphatic carbocycles. The number of benzene rings is 1. The maximum Gasteiger partial charge on any atom is 0.317 e. The zero-order valence-corrected chi connectivity index (χ0v) is 23.8. The Morgan fingerprint density at radius 1 is 1.05 bits per heavy atom. The third-order valence-electron chi connectivity index (χ3n) is 8.60. The zero-order chi connectivity index (χ0) is 27.7. The number of hydrogen-bond donors (Lipinski definition) is 0. The minimum Gasteiger partial charge on any atom is -0.468 e. The van der Waals surface area contributed by atoms with Crippen molar-refractivity contribution >= 4 is 46.9 Å². The van der Waals surface area contributed by atoms with Gasteiger partial charge < -0.3 is 19.4 Å². The van der Waals surface area contributed by atoms with E-state index >= 15 is 0 Å². The summed E-state index contributed by atoms with van der Waals surface area (Å²) in [5.41, 5.74) is 0.360. The summed E-state index contributed by atoms with van der Waals surface area (Å²) in [7, 11) is 1.37. The molecule has 3 fully saturated rings. The Bertz CT molecular complexity index is 1190. The van der Waals surface area contributed by atoms with Gasteiger partial charge in [-0.05, 0) is 56.2 Å². The van der Waals surface area contributed by atoms with E-state index in [9.17, 15) is 19.2 Å². The Hall–Kier alpha value is -2.58. The highest BCUT2D eigenvalue weighted by molar-refractivity contribution is 6.35. The predicted molar refractivity (Wildman–Crippen MR) is 147 cm³/mol. The second-order valence-electron chi connectivity index (χ2n) is 11.2. The molecule has 0 spiro atoms. The summed E-state index contributed by atoms with van der Waals surface area (Å²) in [5.74, 6) is -1.02. The van der Waals surface area contributed by atoms with Gasteiger partial charge in [-0.3, -0.25) is 19.2 Å². The number of esters is 1. The maximum absolute atomic E-state index is 14.0. The van der Waals surface area contributed by atoms with Crippen molar-refractivity contribution in [3.8, 4) is 0 Å². The van der Waals surface area contributed by atoms with Crippen LogP contribution in [0.3, 0.4) is 0 Å². The van der Waals surface area contributed by atoms with Crippen LogP contribution in [0.4, 0.5) is 0 Å². The smallest absolute Gasteiger partial charge is 0.317 e. The molecule has 1 aromatic carbocycles. The Balaban J connectivity index is 1.38. The number of methoxy groups -OCH3 is 1. The average molecular weight is 577 g/mol. The molecule has 8 nitrogen and oxygen atoms in total. The maximum atomic E-state index is 14.0. The molecule has 2 heterocycles. The van der Waals surface area contributed by atoms with Gasteiger partial charge in [-0.1, -0.05) is 41.8 Å². The molecule has 10 heteroatoms. The molecule has 210 valence electrons. The summed E-state index contributed by atoms with van der Waals surface area (Å²) >= 11 is 12.6. The normalized spacial score (nSPS) is 25.5. The van der Waals surface area contributed by atoms with Crippen molar-refractivity contribution in [3.05, 3.63) is 45.6 Å². The lowest BCUT2D eigenvalue weighted by molar-refractivity contribution is -0.160. The second kappa shape index (κ2) is 11.5. The van der Waals surface area contributed by atoms with Crippen LogP contribution < -0.4 is 0 Å². The van der Waals surface area contributed by atoms with Gasteiger partial charge in [0.2, 0.25) is 17.7 Å². The van der Waals surface area contributed by atoms with Crippen LogP contribution in [0, 0.1) is 17.3 Å². The fraction of sp³-hybridized carbons (Fsp3) is 0.586. The summed E-state index contributed by atoms with van der Waals surface area (Å²) in [4.78, 5) is 58.5. The minimum absolute atomic E-state index is 0.00623. The number of hydrogen-bond acceptors (Lipinski definition) is 5. The van der Waals surface area contributed by atoms with E-state index in [1.165, 1.54) is 7.11 Å². The molecule has 4 aliphatic rings. The lowest BCUT2D eigenvalue weighted by Gasteiger charge is -2.46. The Morgan fingerprint density at radius 3 is 2.44 bits per heavy atom. The number of likely N-dealkylation sites (tertiary alicyclic amines) is 1. The van der Waals surface area contributed by atoms with Crippen molar-refractivity contribution in [1.29, 1.82) is 0 Å². The first-order valence-corrected chi connectivity index (χ1v) is 14.6. The lowest BCUT2D eigenvalue weighted by Crippen LogP contribution is -2.54. The molecule has 0 N–H and O–H groups in total. The standard InChI is InChI=1S/C29H35Cl2N3O5/c1-39-28(38)29-10-4-2-3-5-24(29)34(18-20-8-9-22(30)16-23(20)31)27(37)21(17-29)15-25(35)32-11-13-33(14-12-32)26(36)19-6-7-19/h5,8-9,16,19,21H,2-4,6-7,10-15,17-18H2,1H3/t21-,29+/m1/s1. The van der Waals surface area contributed by atoms with Gasteiger partial charge in [-0.15, -0.1) is 0 Å². The number of allylic oxidation sites excluding steroid dienone is 1. The number of amides is 3. The molecule has 0 bridgehead atoms. The highest BCUT2D eigenvalue weighted by Gasteiger charge is 2.54. The van der Waals surface area contributed by atoms with E-state index in [1.54, 1.807) is 28.0 Å². The van der Waals surface area contributed by atoms with E-state index in [-0.39, 0.29) is 49.0 Å². The van der Waals surface area contributed by atoms with Gasteiger partial charge in [0.15, 0.2) is 0 Å². The Labute approximate surface area is 239 Å². The third-order valence-corrected chi connectivity index (χ3v) is 9.18. The first kappa shape index (κ1) is 28.0. The van der Waals surface area contributed by atoms with Crippen molar-refractivity contribution in [2.24, 2.45) is 17.3 Å². The first-order valence-electron chi connectivity index (χ1n) is 13.8. The van der Waals surface area contributed by atoms with E-state index < -0.39 is 11.3 Å². The summed E-state index contributed by atoms with van der Waals surface area (Å²) in [6.45, 7) is 2.11. The molecule has 1 aromatic rings. The Kier molecular flexibility index (Phi) is 8.24. The molecule has 2 saturated heterocycles. The highest BCUT2D eigenvalue weighted by atomic mass is 35.5. The molecule has 5 rings (SSSR count). The van der Waals surface area contributed by atoms with Crippen LogP contribution in [0.5, 0.6) is 0 Å². The molecule has 3 amide bonds. The number of halogens is 2. The van der Waals surface area contributed by atoms with Crippen molar-refractivity contribution in [3.63, 3.8) is 0 Å². The molecule has 0 radical (unpaired) electrons. The van der Waals surface area contributed by atoms with Crippen molar-refractivity contribution < 1.29 is 23.9 Å². The summed E-state index contributed by atoms with van der Waals surface area (Å²) in [5, 5.41) is 0.929. The van der Waals surface area contributed by atoms with Gasteiger partial charge in [-0.25, -0.2) is 0 Å². The quantitative estimate of drug-likeness (QED) is 0.468. The topological polar surface area (TPSA) is 87.2 Å². The molecular weight excluding hydrogens is 541 g/mol. The van der Waals surface area contributed by atoms with Crippen LogP contribution in [0.15, 0.2) is 30.0 Å². The van der Waals surface area contributed by atoms with Gasteiger partial charge in [0, 0.05) is 60.2 Å². The number of piperazine rings is 1. The highest BCUT2D eigenvalue weighted by Crippen LogP contribution is 2.50. The van der Waals surface area contributed by atoms with Crippen LogP contribution in [0.2, 0.25) is 10.0 Å². The second-order valence-corrected chi connectivity index (χ2v) is 12.0. The molecule has 0 unspecified atom stereocenters. The van der Waals surface area contributed by atoms with Crippen LogP contribution in [-0.2, 0) is 30.5 Å². The van der Waals surface area contributed by atoms with Crippen molar-refractivity contribution in [2.75, 3.05) is 33.3 Å². The lowest BCUT2D eigenvalue weighted by atomic mass is 9.69. The van der Waals surface area contributed by atoms with Gasteiger partial charge in [-0.2, -0.15) is 0 Å². The zero-order valence-electron chi connectivity index (χ0n) is 22.3. The van der Waals surface area contributed by atoms with Gasteiger partial charge in [0.1, 0.15) is 5.41 Å². The molecular formula is C29H35Cl2N3O5. The van der Waals surface area contributed by atoms with Gasteiger partial charge in [0.05, 0.1) is 13.7 Å². The molecule has 39 heavy (non-hydrogen) atoms. The molecule has 0 aromatic heterocycles. The third kappa shape index (κ3) is 5.68. The van der Waals surface area contributed by atoms with Crippen LogP contribution in [0.25, 0.3) is 0 Å². The van der Waals surface area contributed by atoms with Crippen LogP contribution in [0.1, 0.15) is 56.9 Å². The predicted octanol–water partition coefficient (Wildman–Crippen LogP) is 4.43. The number of ether oxygens (including phenoxy) is 1. The summed E-state index contributed by atoms with van der Waals surface area (Å²) in [6.07, 6.45) is 7.16. The molecule has 2 aliphatic heterocycles. The minimum atomic E-state index is -1.00. The van der Waals surface area contributed by atoms with E-state index in [0.717, 1.165) is 32.1 Å². The largest absolute Gasteiger partial charge is 0.468 e. The van der Waals surface area contributed by atoms with Crippen molar-refractivity contribution in [2.45, 2.75) is 57.9 Å². The summed E-state index contributed by atoms with van der Waals surface area (Å²) in [6, 6.07) is 5.14. The van der Waals surface area contributed by atoms with Gasteiger partial charge in [0.25, 0.3) is 0 Å². The van der Waals surface area contributed by atoms with Crippen molar-refractivity contribution in [1.82, 2.24) is 14.7 Å². The van der Waals surface area contributed by atoms with E-state index in [2.05, 4.69) is 0 Å². The fourth-order valence-electron chi connectivity index (χ4n) is 6.29. The number of nitrogens with zero attached hydrogens (tertiary/aromatic N) is 3. The molecule has 2 atom stereocenters. The van der Waals surface area contributed by atoms with Gasteiger partial charge >= 0.3 is 5.97 Å². The van der Waals surface area contributed by atoms with E-state index in [1.807, 2.05) is 11.0 Å². The Morgan fingerprint density at radius 2 is 1.77 bits per heavy atom. The summed E-state index contributed by atoms with van der Waals surface area (Å²) < 4.78 is 5.31. The van der Waals surface area contributed by atoms with Crippen LogP contribution in [-0.4, -0.2) is 71.7 Å². The van der Waals surface area contributed by atoms with Crippen LogP contribution >= 0.6 is 23.2 Å². The number of rotatable bonds is 6. The monoisotopic (exact) mass is 575 g/mol. The average Bonchev–Trinajstić information content (AvgIpc) is 3.79. The van der Waals surface area contributed by atoms with E-state index in [4.69, 9.17) is 27.9 Å². The number of carbonyl (C=O) groups is 4. The number of fused-ring (bicyclic) bond motifs is 1. The molecule has 1 saturated carbocycles. The number of piperidine rings is 1. The van der Waals surface area contributed by atoms with E-state index in [0.29, 0.717) is 53.9 Å². The fourth-order valence-corrected chi connectivity index (χ4v) is 6.76. The number of carbonyl (C=O) groups excluding carboxylic acids is 4. The first-order chi connectivity index (χ1) is 18.7. The SMILES string of the molecule is COC(=O)[C@]12CCCCC=C1N(Cc1ccc(Cl)cc1Cl)C(=O)[C@H](CC(=O)N1CCN(C(=O)C3CC3)CC1)C2.